The second kappa shape index (κ2) is 25.2. The molecule has 1 saturated heterocycles. The van der Waals surface area contributed by atoms with Gasteiger partial charge in [-0.3, -0.25) is 0 Å². The molecule has 0 aromatic rings. The van der Waals surface area contributed by atoms with Crippen molar-refractivity contribution in [1.29, 1.82) is 0 Å². The van der Waals surface area contributed by atoms with Crippen LogP contribution in [0.1, 0.15) is 148 Å². The lowest BCUT2D eigenvalue weighted by Crippen LogP contribution is -2.59. The molecule has 0 aliphatic carbocycles. The SMILES string of the molecule is C[C@@H](O)CCCCCCCCCCCCCCCCCCCCC[C@H](O)CCO[C@H]1O[C@H](CO)[C@@H](O)[C@H](O)[C@H]1O. The predicted molar refractivity (Wildman–Crippen MR) is 159 cm³/mol. The van der Waals surface area contributed by atoms with Crippen LogP contribution in [-0.4, -0.2) is 86.8 Å². The lowest BCUT2D eigenvalue weighted by atomic mass is 9.99. The van der Waals surface area contributed by atoms with Gasteiger partial charge in [0, 0.05) is 0 Å². The van der Waals surface area contributed by atoms with Gasteiger partial charge in [-0.05, 0) is 26.2 Å². The molecule has 1 heterocycles. The molecule has 1 aliphatic heterocycles. The zero-order valence-electron chi connectivity index (χ0n) is 25.5. The molecule has 6 N–H and O–H groups in total. The van der Waals surface area contributed by atoms with Crippen molar-refractivity contribution in [2.75, 3.05) is 13.2 Å². The zero-order chi connectivity index (χ0) is 29.4. The number of hydrogen-bond acceptors (Lipinski definition) is 8. The van der Waals surface area contributed by atoms with Crippen LogP contribution in [0.4, 0.5) is 0 Å². The molecule has 1 rings (SSSR count). The van der Waals surface area contributed by atoms with E-state index in [2.05, 4.69) is 0 Å². The summed E-state index contributed by atoms with van der Waals surface area (Å²) in [6.45, 7) is 1.56. The quantitative estimate of drug-likeness (QED) is 0.0740. The molecule has 240 valence electrons. The Labute approximate surface area is 244 Å². The second-order valence-corrected chi connectivity index (χ2v) is 12.2. The Bertz CT molecular complexity index is 547. The largest absolute Gasteiger partial charge is 0.394 e. The molecule has 0 radical (unpaired) electrons. The van der Waals surface area contributed by atoms with Crippen molar-refractivity contribution in [1.82, 2.24) is 0 Å². The van der Waals surface area contributed by atoms with Gasteiger partial charge < -0.3 is 40.1 Å². The molecule has 1 fully saturated rings. The van der Waals surface area contributed by atoms with Crippen molar-refractivity contribution >= 4 is 0 Å². The third-order valence-electron chi connectivity index (χ3n) is 8.24. The minimum atomic E-state index is -1.44. The first-order chi connectivity index (χ1) is 19.4. The van der Waals surface area contributed by atoms with Crippen LogP contribution in [0.25, 0.3) is 0 Å². The van der Waals surface area contributed by atoms with E-state index in [-0.39, 0.29) is 12.7 Å². The van der Waals surface area contributed by atoms with Crippen LogP contribution in [0.2, 0.25) is 0 Å². The van der Waals surface area contributed by atoms with E-state index in [0.717, 1.165) is 19.3 Å². The molecular formula is C32H64O8. The van der Waals surface area contributed by atoms with Crippen molar-refractivity contribution in [3.63, 3.8) is 0 Å². The van der Waals surface area contributed by atoms with Gasteiger partial charge in [-0.15, -0.1) is 0 Å². The molecule has 0 saturated carbocycles. The number of unbranched alkanes of at least 4 members (excludes halogenated alkanes) is 18. The first kappa shape index (κ1) is 37.7. The molecular weight excluding hydrogens is 512 g/mol. The fourth-order valence-corrected chi connectivity index (χ4v) is 5.49. The van der Waals surface area contributed by atoms with E-state index in [9.17, 15) is 30.6 Å². The van der Waals surface area contributed by atoms with Crippen LogP contribution in [0.15, 0.2) is 0 Å². The third kappa shape index (κ3) is 19.0. The van der Waals surface area contributed by atoms with Crippen LogP contribution in [0.5, 0.6) is 0 Å². The Kier molecular flexibility index (Phi) is 23.8. The van der Waals surface area contributed by atoms with Crippen LogP contribution >= 0.6 is 0 Å². The molecule has 0 aromatic carbocycles. The number of aliphatic hydroxyl groups excluding tert-OH is 6. The molecule has 0 bridgehead atoms. The molecule has 7 atom stereocenters. The predicted octanol–water partition coefficient (Wildman–Crippen LogP) is 5.13. The summed E-state index contributed by atoms with van der Waals surface area (Å²) in [7, 11) is 0. The van der Waals surface area contributed by atoms with Crippen LogP contribution in [-0.2, 0) is 9.47 Å². The molecule has 8 nitrogen and oxygen atoms in total. The summed E-state index contributed by atoms with van der Waals surface area (Å²) in [5, 5.41) is 58.2. The van der Waals surface area contributed by atoms with Gasteiger partial charge in [0.05, 0.1) is 25.4 Å². The maximum absolute atomic E-state index is 10.2. The number of ether oxygens (including phenoxy) is 2. The van der Waals surface area contributed by atoms with Crippen LogP contribution in [0.3, 0.4) is 0 Å². The van der Waals surface area contributed by atoms with E-state index in [1.54, 1.807) is 0 Å². The zero-order valence-corrected chi connectivity index (χ0v) is 25.5. The Hall–Kier alpha value is -0.320. The molecule has 0 amide bonds. The summed E-state index contributed by atoms with van der Waals surface area (Å²) in [4.78, 5) is 0. The summed E-state index contributed by atoms with van der Waals surface area (Å²) in [5.74, 6) is 0. The smallest absolute Gasteiger partial charge is 0.186 e. The van der Waals surface area contributed by atoms with Gasteiger partial charge in [0.15, 0.2) is 6.29 Å². The van der Waals surface area contributed by atoms with E-state index in [1.807, 2.05) is 6.92 Å². The first-order valence-electron chi connectivity index (χ1n) is 16.6. The highest BCUT2D eigenvalue weighted by Crippen LogP contribution is 2.22. The molecule has 0 aromatic heterocycles. The van der Waals surface area contributed by atoms with E-state index in [0.29, 0.717) is 12.8 Å². The van der Waals surface area contributed by atoms with Gasteiger partial charge in [0.1, 0.15) is 24.4 Å². The fourth-order valence-electron chi connectivity index (χ4n) is 5.49. The standard InChI is InChI=1S/C32H64O8/c1-26(34)21-19-17-15-13-11-9-7-5-3-2-4-6-8-10-12-14-16-18-20-22-27(35)23-24-39-32-31(38)30(37)29(36)28(25-33)40-32/h26-38H,2-25H2,1H3/t26-,27+,28-,29-,30+,31-,32+/m1/s1. The van der Waals surface area contributed by atoms with E-state index in [4.69, 9.17) is 9.47 Å². The van der Waals surface area contributed by atoms with Gasteiger partial charge in [0.25, 0.3) is 0 Å². The number of hydrogen-bond donors (Lipinski definition) is 6. The lowest BCUT2D eigenvalue weighted by Gasteiger charge is -2.39. The molecule has 1 aliphatic rings. The fraction of sp³-hybridized carbons (Fsp3) is 1.00. The first-order valence-corrected chi connectivity index (χ1v) is 16.6. The van der Waals surface area contributed by atoms with E-state index >= 15 is 0 Å². The van der Waals surface area contributed by atoms with Crippen LogP contribution < -0.4 is 0 Å². The molecule has 0 spiro atoms. The maximum atomic E-state index is 10.2. The molecule has 0 unspecified atom stereocenters. The van der Waals surface area contributed by atoms with Crippen LogP contribution in [0, 0.1) is 0 Å². The van der Waals surface area contributed by atoms with Crippen molar-refractivity contribution in [3.05, 3.63) is 0 Å². The monoisotopic (exact) mass is 576 g/mol. The second-order valence-electron chi connectivity index (χ2n) is 12.2. The number of rotatable bonds is 27. The summed E-state index contributed by atoms with van der Waals surface area (Å²) >= 11 is 0. The Morgan fingerprint density at radius 3 is 1.35 bits per heavy atom. The molecule has 40 heavy (non-hydrogen) atoms. The number of aliphatic hydroxyl groups is 6. The van der Waals surface area contributed by atoms with E-state index < -0.39 is 43.4 Å². The average Bonchev–Trinajstić information content (AvgIpc) is 2.93. The lowest BCUT2D eigenvalue weighted by molar-refractivity contribution is -0.301. The topological polar surface area (TPSA) is 140 Å². The minimum Gasteiger partial charge on any atom is -0.394 e. The highest BCUT2D eigenvalue weighted by Gasteiger charge is 2.43. The Balaban J connectivity index is 1.80. The highest BCUT2D eigenvalue weighted by atomic mass is 16.7. The summed E-state index contributed by atoms with van der Waals surface area (Å²) in [6, 6.07) is 0. The third-order valence-corrected chi connectivity index (χ3v) is 8.24. The Morgan fingerprint density at radius 2 is 0.950 bits per heavy atom. The average molecular weight is 577 g/mol. The van der Waals surface area contributed by atoms with Gasteiger partial charge in [0.2, 0.25) is 0 Å². The summed E-state index contributed by atoms with van der Waals surface area (Å²) < 4.78 is 10.8. The Morgan fingerprint density at radius 1 is 0.550 bits per heavy atom. The summed E-state index contributed by atoms with van der Waals surface area (Å²) in [6.07, 6.45) is 19.8. The van der Waals surface area contributed by atoms with Crippen molar-refractivity contribution in [2.45, 2.75) is 191 Å². The summed E-state index contributed by atoms with van der Waals surface area (Å²) in [5.41, 5.74) is 0. The van der Waals surface area contributed by atoms with E-state index in [1.165, 1.54) is 109 Å². The van der Waals surface area contributed by atoms with Crippen molar-refractivity contribution in [3.8, 4) is 0 Å². The van der Waals surface area contributed by atoms with Gasteiger partial charge in [-0.1, -0.05) is 122 Å². The van der Waals surface area contributed by atoms with Crippen molar-refractivity contribution in [2.24, 2.45) is 0 Å². The van der Waals surface area contributed by atoms with Gasteiger partial charge in [-0.25, -0.2) is 0 Å². The van der Waals surface area contributed by atoms with Gasteiger partial charge in [-0.2, -0.15) is 0 Å². The minimum absolute atomic E-state index is 0.135. The van der Waals surface area contributed by atoms with Crippen molar-refractivity contribution < 1.29 is 40.1 Å². The highest BCUT2D eigenvalue weighted by molar-refractivity contribution is 4.88. The maximum Gasteiger partial charge on any atom is 0.186 e. The van der Waals surface area contributed by atoms with Gasteiger partial charge >= 0.3 is 0 Å². The molecule has 8 heteroatoms. The normalized spacial score (nSPS) is 24.8.